The average Bonchev–Trinajstić information content (AvgIpc) is 2.96. The third kappa shape index (κ3) is 5.50. The van der Waals surface area contributed by atoms with Crippen LogP contribution in [0.25, 0.3) is 0 Å². The van der Waals surface area contributed by atoms with E-state index in [4.69, 9.17) is 9.16 Å². The van der Waals surface area contributed by atoms with Crippen LogP contribution in [-0.4, -0.2) is 42.8 Å². The molecule has 0 spiro atoms. The van der Waals surface area contributed by atoms with E-state index in [0.29, 0.717) is 5.75 Å². The van der Waals surface area contributed by atoms with Gasteiger partial charge < -0.3 is 9.16 Å². The Morgan fingerprint density at radius 3 is 2.42 bits per heavy atom. The molecule has 0 radical (unpaired) electrons. The number of thioether (sulfide) groups is 1. The van der Waals surface area contributed by atoms with Crippen molar-refractivity contribution >= 4 is 26.2 Å². The molecule has 1 aliphatic heterocycles. The Labute approximate surface area is 161 Å². The third-order valence-corrected chi connectivity index (χ3v) is 5.99. The summed E-state index contributed by atoms with van der Waals surface area (Å²) in [6.45, 7) is 11.7. The summed E-state index contributed by atoms with van der Waals surface area (Å²) in [4.78, 5) is 14.7. The number of ether oxygens (including phenoxy) is 1. The summed E-state index contributed by atoms with van der Waals surface area (Å²) >= 11 is 1.65. The topological polar surface area (TPSA) is 62.6 Å². The normalized spacial score (nSPS) is 22.0. The van der Waals surface area contributed by atoms with Crippen LogP contribution in [0.15, 0.2) is 30.3 Å². The molecule has 1 saturated heterocycles. The highest BCUT2D eigenvalue weighted by Crippen LogP contribution is 2.43. The van der Waals surface area contributed by atoms with E-state index in [0.717, 1.165) is 5.56 Å². The minimum absolute atomic E-state index is 0.183. The van der Waals surface area contributed by atoms with Crippen LogP contribution in [0.5, 0.6) is 0 Å². The van der Waals surface area contributed by atoms with Gasteiger partial charge in [0.05, 0.1) is 12.1 Å². The van der Waals surface area contributed by atoms with Crippen LogP contribution in [0.4, 0.5) is 4.79 Å². The number of benzene rings is 1. The first-order valence-corrected chi connectivity index (χ1v) is 13.2. The molecule has 0 aromatic heterocycles. The zero-order valence-corrected chi connectivity index (χ0v) is 18.2. The van der Waals surface area contributed by atoms with Gasteiger partial charge in [0.1, 0.15) is 11.0 Å². The van der Waals surface area contributed by atoms with Gasteiger partial charge in [0.25, 0.3) is 0 Å². The highest BCUT2D eigenvalue weighted by molar-refractivity contribution is 7.99. The number of hydrogen-bond donors (Lipinski definition) is 0. The molecule has 0 unspecified atom stereocenters. The van der Waals surface area contributed by atoms with E-state index in [1.165, 1.54) is 0 Å². The molecule has 2 rings (SSSR count). The predicted molar refractivity (Wildman–Crippen MR) is 107 cm³/mol. The maximum atomic E-state index is 13.0. The van der Waals surface area contributed by atoms with Gasteiger partial charge >= 0.3 is 6.09 Å². The van der Waals surface area contributed by atoms with Crippen molar-refractivity contribution in [2.75, 3.05) is 5.75 Å². The first-order chi connectivity index (χ1) is 12.0. The van der Waals surface area contributed by atoms with Gasteiger partial charge in [-0.2, -0.15) is 5.26 Å². The molecule has 1 aromatic rings. The number of nitriles is 1. The van der Waals surface area contributed by atoms with Gasteiger partial charge in [-0.25, -0.2) is 4.79 Å². The summed E-state index contributed by atoms with van der Waals surface area (Å²) in [5.41, 5.74) is 0.424. The first-order valence-electron chi connectivity index (χ1n) is 8.77. The Morgan fingerprint density at radius 1 is 1.31 bits per heavy atom. The van der Waals surface area contributed by atoms with Crippen molar-refractivity contribution in [2.45, 2.75) is 63.5 Å². The number of nitrogens with zero attached hydrogens (tertiary/aromatic N) is 2. The zero-order chi connectivity index (χ0) is 19.5. The number of carbonyl (C=O) groups is 1. The Kier molecular flexibility index (Phi) is 6.43. The smallest absolute Gasteiger partial charge is 0.411 e. The molecule has 26 heavy (non-hydrogen) atoms. The minimum Gasteiger partial charge on any atom is -0.444 e. The largest absolute Gasteiger partial charge is 0.444 e. The second-order valence-corrected chi connectivity index (χ2v) is 13.9. The number of amides is 1. The SMILES string of the molecule is CC(C)(C)OC(=O)N1[C@@H](c2ccccc2)SC[C@H]1[C@@H](C#N)O[Si](C)(C)C. The molecule has 142 valence electrons. The van der Waals surface area contributed by atoms with Crippen LogP contribution in [0.3, 0.4) is 0 Å². The molecule has 1 aromatic carbocycles. The highest BCUT2D eigenvalue weighted by atomic mass is 32.2. The zero-order valence-electron chi connectivity index (χ0n) is 16.4. The minimum atomic E-state index is -1.93. The van der Waals surface area contributed by atoms with Crippen LogP contribution in [0, 0.1) is 11.3 Å². The van der Waals surface area contributed by atoms with E-state index in [1.807, 2.05) is 70.7 Å². The van der Waals surface area contributed by atoms with Gasteiger partial charge in [-0.1, -0.05) is 30.3 Å². The Hall–Kier alpha value is -1.49. The summed E-state index contributed by atoms with van der Waals surface area (Å²) in [6.07, 6.45) is -1.06. The molecule has 7 heteroatoms. The van der Waals surface area contributed by atoms with Crippen molar-refractivity contribution in [1.29, 1.82) is 5.26 Å². The molecule has 5 nitrogen and oxygen atoms in total. The fraction of sp³-hybridized carbons (Fsp3) is 0.579. The summed E-state index contributed by atoms with van der Waals surface area (Å²) in [7, 11) is -1.93. The third-order valence-electron chi connectivity index (χ3n) is 3.68. The van der Waals surface area contributed by atoms with Crippen molar-refractivity contribution in [2.24, 2.45) is 0 Å². The second-order valence-electron chi connectivity index (χ2n) is 8.33. The average molecular weight is 393 g/mol. The van der Waals surface area contributed by atoms with Crippen LogP contribution in [0.1, 0.15) is 31.7 Å². The highest BCUT2D eigenvalue weighted by Gasteiger charge is 2.45. The maximum absolute atomic E-state index is 13.0. The van der Waals surface area contributed by atoms with Crippen molar-refractivity contribution in [3.63, 3.8) is 0 Å². The van der Waals surface area contributed by atoms with Gasteiger partial charge in [0, 0.05) is 5.75 Å². The molecule has 1 heterocycles. The molecule has 0 aliphatic carbocycles. The molecule has 0 N–H and O–H groups in total. The van der Waals surface area contributed by atoms with Crippen molar-refractivity contribution in [3.8, 4) is 6.07 Å². The lowest BCUT2D eigenvalue weighted by Gasteiger charge is -2.35. The van der Waals surface area contributed by atoms with E-state index in [1.54, 1.807) is 16.7 Å². The number of rotatable bonds is 4. The molecule has 1 amide bonds. The lowest BCUT2D eigenvalue weighted by Crippen LogP contribution is -2.49. The van der Waals surface area contributed by atoms with Crippen molar-refractivity contribution < 1.29 is 14.0 Å². The van der Waals surface area contributed by atoms with Gasteiger partial charge in [0.2, 0.25) is 0 Å². The lowest BCUT2D eigenvalue weighted by molar-refractivity contribution is 0.00756. The standard InChI is InChI=1S/C19H28N2O3SSi/c1-19(2,3)23-18(22)21-15(16(12-20)24-26(4,5)6)13-25-17(21)14-10-8-7-9-11-14/h7-11,15-17H,13H2,1-6H3/t15-,16+,17+/m0/s1. The lowest BCUT2D eigenvalue weighted by atomic mass is 10.1. The van der Waals surface area contributed by atoms with Crippen molar-refractivity contribution in [3.05, 3.63) is 35.9 Å². The summed E-state index contributed by atoms with van der Waals surface area (Å²) in [5, 5.41) is 9.51. The first kappa shape index (κ1) is 20.8. The Bertz CT molecular complexity index is 664. The quantitative estimate of drug-likeness (QED) is 0.690. The van der Waals surface area contributed by atoms with Gasteiger partial charge in [0.15, 0.2) is 14.4 Å². The van der Waals surface area contributed by atoms with Crippen molar-refractivity contribution in [1.82, 2.24) is 4.90 Å². The van der Waals surface area contributed by atoms with Crippen LogP contribution < -0.4 is 0 Å². The van der Waals surface area contributed by atoms with E-state index in [-0.39, 0.29) is 11.4 Å². The van der Waals surface area contributed by atoms with E-state index in [9.17, 15) is 10.1 Å². The molecule has 0 saturated carbocycles. The Morgan fingerprint density at radius 2 is 1.92 bits per heavy atom. The van der Waals surface area contributed by atoms with Crippen LogP contribution in [0.2, 0.25) is 19.6 Å². The fourth-order valence-electron chi connectivity index (χ4n) is 2.75. The molecule has 1 fully saturated rings. The van der Waals surface area contributed by atoms with E-state index < -0.39 is 26.1 Å². The second kappa shape index (κ2) is 8.03. The monoisotopic (exact) mass is 392 g/mol. The van der Waals surface area contributed by atoms with E-state index in [2.05, 4.69) is 6.07 Å². The number of carbonyl (C=O) groups excluding carboxylic acids is 1. The van der Waals surface area contributed by atoms with Gasteiger partial charge in [-0.15, -0.1) is 11.8 Å². The Balaban J connectivity index is 2.35. The van der Waals surface area contributed by atoms with Gasteiger partial charge in [-0.05, 0) is 46.0 Å². The molecule has 0 bridgehead atoms. The summed E-state index contributed by atoms with van der Waals surface area (Å²) in [5.74, 6) is 0.640. The molecular weight excluding hydrogens is 364 g/mol. The van der Waals surface area contributed by atoms with Gasteiger partial charge in [-0.3, -0.25) is 4.90 Å². The number of hydrogen-bond acceptors (Lipinski definition) is 5. The van der Waals surface area contributed by atoms with Crippen LogP contribution >= 0.6 is 11.8 Å². The predicted octanol–water partition coefficient (Wildman–Crippen LogP) is 4.78. The molecule has 3 atom stereocenters. The summed E-state index contributed by atoms with van der Waals surface area (Å²) < 4.78 is 11.7. The molecule has 1 aliphatic rings. The molecular formula is C19H28N2O3SSi. The fourth-order valence-corrected chi connectivity index (χ4v) is 5.19. The van der Waals surface area contributed by atoms with E-state index >= 15 is 0 Å². The van der Waals surface area contributed by atoms with Crippen LogP contribution in [-0.2, 0) is 9.16 Å². The summed E-state index contributed by atoms with van der Waals surface area (Å²) in [6, 6.07) is 11.8. The maximum Gasteiger partial charge on any atom is 0.411 e.